The van der Waals surface area contributed by atoms with Crippen LogP contribution in [0.15, 0.2) is 23.2 Å². The average Bonchev–Trinajstić information content (AvgIpc) is 3.13. The Morgan fingerprint density at radius 1 is 1.22 bits per heavy atom. The summed E-state index contributed by atoms with van der Waals surface area (Å²) < 4.78 is 12.7. The highest BCUT2D eigenvalue weighted by atomic mass is 32.2. The molecule has 0 spiro atoms. The van der Waals surface area contributed by atoms with Gasteiger partial charge in [-0.05, 0) is 17.7 Å². The van der Waals surface area contributed by atoms with Gasteiger partial charge in [-0.25, -0.2) is 9.67 Å². The molecule has 0 aliphatic carbocycles. The number of benzene rings is 1. The minimum Gasteiger partial charge on any atom is -0.454 e. The second kappa shape index (κ2) is 4.76. The molecule has 7 nitrogen and oxygen atoms in total. The van der Waals surface area contributed by atoms with Gasteiger partial charge in [0.05, 0.1) is 17.6 Å². The van der Waals surface area contributed by atoms with Crippen LogP contribution in [0.4, 0.5) is 5.95 Å². The molecular formula is C15H13N5O2S. The van der Waals surface area contributed by atoms with Crippen molar-refractivity contribution in [2.75, 3.05) is 18.3 Å². The molecule has 0 radical (unpaired) electrons. The normalized spacial score (nSPS) is 15.3. The third-order valence-electron chi connectivity index (χ3n) is 4.00. The van der Waals surface area contributed by atoms with E-state index in [9.17, 15) is 0 Å². The van der Waals surface area contributed by atoms with Crippen LogP contribution in [0.2, 0.25) is 0 Å². The maximum absolute atomic E-state index is 5.86. The molecule has 23 heavy (non-hydrogen) atoms. The van der Waals surface area contributed by atoms with Crippen LogP contribution in [0.3, 0.4) is 0 Å². The first-order valence-electron chi connectivity index (χ1n) is 7.32. The Balaban J connectivity index is 1.61. The Morgan fingerprint density at radius 3 is 3.09 bits per heavy atom. The number of aryl methyl sites for hydroxylation is 1. The highest BCUT2D eigenvalue weighted by molar-refractivity contribution is 7.99. The van der Waals surface area contributed by atoms with Crippen LogP contribution in [-0.4, -0.2) is 32.3 Å². The maximum Gasteiger partial charge on any atom is 0.231 e. The number of anilines is 1. The van der Waals surface area contributed by atoms with Gasteiger partial charge in [0.2, 0.25) is 12.7 Å². The molecule has 1 aromatic carbocycles. The summed E-state index contributed by atoms with van der Waals surface area (Å²) in [4.78, 5) is 8.74. The van der Waals surface area contributed by atoms with Crippen LogP contribution in [0, 0.1) is 0 Å². The molecule has 4 heterocycles. The SMILES string of the molecule is Nc1nc2c3c(nn(Cc4ccc5c(c4)OCO5)c3n1)CCS2. The van der Waals surface area contributed by atoms with Gasteiger partial charge < -0.3 is 15.2 Å². The predicted molar refractivity (Wildman–Crippen MR) is 85.8 cm³/mol. The number of thioether (sulfide) groups is 1. The van der Waals surface area contributed by atoms with Crippen LogP contribution in [0.1, 0.15) is 11.3 Å². The molecule has 0 fully saturated rings. The van der Waals surface area contributed by atoms with Crippen molar-refractivity contribution in [3.05, 3.63) is 29.5 Å². The monoisotopic (exact) mass is 327 g/mol. The fraction of sp³-hybridized carbons (Fsp3) is 0.267. The van der Waals surface area contributed by atoms with Crippen molar-refractivity contribution in [2.45, 2.75) is 18.0 Å². The van der Waals surface area contributed by atoms with Crippen LogP contribution >= 0.6 is 11.8 Å². The number of aromatic nitrogens is 4. The molecule has 0 atom stereocenters. The van der Waals surface area contributed by atoms with E-state index in [4.69, 9.17) is 20.3 Å². The Hall–Kier alpha value is -2.48. The van der Waals surface area contributed by atoms with E-state index in [2.05, 4.69) is 9.97 Å². The molecule has 0 saturated heterocycles. The largest absolute Gasteiger partial charge is 0.454 e. The summed E-state index contributed by atoms with van der Waals surface area (Å²) in [7, 11) is 0. The summed E-state index contributed by atoms with van der Waals surface area (Å²) in [5.41, 5.74) is 8.78. The number of ether oxygens (including phenoxy) is 2. The number of nitrogens with zero attached hydrogens (tertiary/aromatic N) is 4. The van der Waals surface area contributed by atoms with Crippen LogP contribution in [-0.2, 0) is 13.0 Å². The number of nitrogens with two attached hydrogens (primary N) is 1. The van der Waals surface area contributed by atoms with E-state index in [0.717, 1.165) is 51.0 Å². The van der Waals surface area contributed by atoms with E-state index in [1.807, 2.05) is 22.9 Å². The highest BCUT2D eigenvalue weighted by Gasteiger charge is 2.22. The second-order valence-electron chi connectivity index (χ2n) is 5.48. The minimum atomic E-state index is 0.276. The molecule has 8 heteroatoms. The molecule has 2 aromatic heterocycles. The first kappa shape index (κ1) is 13.0. The van der Waals surface area contributed by atoms with Crippen molar-refractivity contribution in [1.82, 2.24) is 19.7 Å². The zero-order valence-electron chi connectivity index (χ0n) is 12.2. The number of fused-ring (bicyclic) bond motifs is 1. The number of hydrogen-bond acceptors (Lipinski definition) is 7. The number of rotatable bonds is 2. The maximum atomic E-state index is 5.86. The lowest BCUT2D eigenvalue weighted by Crippen LogP contribution is -2.05. The Morgan fingerprint density at radius 2 is 2.13 bits per heavy atom. The van der Waals surface area contributed by atoms with E-state index in [-0.39, 0.29) is 6.79 Å². The molecule has 116 valence electrons. The van der Waals surface area contributed by atoms with Gasteiger partial charge in [-0.1, -0.05) is 6.07 Å². The minimum absolute atomic E-state index is 0.276. The van der Waals surface area contributed by atoms with E-state index in [0.29, 0.717) is 12.5 Å². The molecule has 2 aliphatic rings. The molecule has 5 rings (SSSR count). The van der Waals surface area contributed by atoms with E-state index in [1.165, 1.54) is 0 Å². The van der Waals surface area contributed by atoms with Crippen LogP contribution in [0.25, 0.3) is 11.0 Å². The van der Waals surface area contributed by atoms with Crippen molar-refractivity contribution >= 4 is 28.7 Å². The summed E-state index contributed by atoms with van der Waals surface area (Å²) in [6, 6.07) is 5.92. The lowest BCUT2D eigenvalue weighted by molar-refractivity contribution is 0.174. The van der Waals surface area contributed by atoms with Crippen molar-refractivity contribution in [3.63, 3.8) is 0 Å². The van der Waals surface area contributed by atoms with Gasteiger partial charge in [-0.3, -0.25) is 0 Å². The van der Waals surface area contributed by atoms with Crippen molar-refractivity contribution in [3.8, 4) is 11.5 Å². The van der Waals surface area contributed by atoms with Gasteiger partial charge in [-0.2, -0.15) is 10.1 Å². The van der Waals surface area contributed by atoms with Crippen molar-refractivity contribution < 1.29 is 9.47 Å². The summed E-state index contributed by atoms with van der Waals surface area (Å²) in [6.07, 6.45) is 0.926. The fourth-order valence-electron chi connectivity index (χ4n) is 2.97. The number of hydrogen-bond donors (Lipinski definition) is 1. The van der Waals surface area contributed by atoms with Gasteiger partial charge >= 0.3 is 0 Å². The summed E-state index contributed by atoms with van der Waals surface area (Å²) in [6.45, 7) is 0.881. The third-order valence-corrected chi connectivity index (χ3v) is 4.97. The van der Waals surface area contributed by atoms with E-state index in [1.54, 1.807) is 11.8 Å². The Kier molecular flexibility index (Phi) is 2.69. The number of nitrogen functional groups attached to an aromatic ring is 1. The third kappa shape index (κ3) is 2.02. The topological polar surface area (TPSA) is 88.1 Å². The van der Waals surface area contributed by atoms with Gasteiger partial charge in [0, 0.05) is 12.2 Å². The van der Waals surface area contributed by atoms with Crippen molar-refractivity contribution in [1.29, 1.82) is 0 Å². The first-order chi connectivity index (χ1) is 11.3. The standard InChI is InChI=1S/C15H13N5O2S/c16-15-17-13-12-9(3-4-23-14(12)18-15)19-20(13)6-8-1-2-10-11(5-8)22-7-21-10/h1-2,5H,3-4,6-7H2,(H2,16,17,18). The molecule has 0 saturated carbocycles. The smallest absolute Gasteiger partial charge is 0.231 e. The molecule has 0 bridgehead atoms. The van der Waals surface area contributed by atoms with Gasteiger partial charge in [-0.15, -0.1) is 11.8 Å². The zero-order chi connectivity index (χ0) is 15.4. The molecule has 0 amide bonds. The van der Waals surface area contributed by atoms with Crippen LogP contribution < -0.4 is 15.2 Å². The van der Waals surface area contributed by atoms with Crippen molar-refractivity contribution in [2.24, 2.45) is 0 Å². The molecule has 3 aromatic rings. The predicted octanol–water partition coefficient (Wildman–Crippen LogP) is 1.83. The van der Waals surface area contributed by atoms with Gasteiger partial charge in [0.25, 0.3) is 0 Å². The zero-order valence-corrected chi connectivity index (χ0v) is 13.0. The lowest BCUT2D eigenvalue weighted by Gasteiger charge is -2.08. The van der Waals surface area contributed by atoms with Gasteiger partial charge in [0.1, 0.15) is 5.03 Å². The molecule has 0 unspecified atom stereocenters. The van der Waals surface area contributed by atoms with E-state index < -0.39 is 0 Å². The quantitative estimate of drug-likeness (QED) is 0.718. The fourth-order valence-corrected chi connectivity index (χ4v) is 3.97. The Bertz CT molecular complexity index is 939. The molecule has 2 N–H and O–H groups in total. The summed E-state index contributed by atoms with van der Waals surface area (Å²) in [5.74, 6) is 2.82. The van der Waals surface area contributed by atoms with E-state index >= 15 is 0 Å². The molecule has 2 aliphatic heterocycles. The summed E-state index contributed by atoms with van der Waals surface area (Å²) >= 11 is 1.71. The lowest BCUT2D eigenvalue weighted by atomic mass is 10.2. The first-order valence-corrected chi connectivity index (χ1v) is 8.31. The highest BCUT2D eigenvalue weighted by Crippen LogP contribution is 2.35. The molecular weight excluding hydrogens is 314 g/mol. The second-order valence-corrected chi connectivity index (χ2v) is 6.56. The summed E-state index contributed by atoms with van der Waals surface area (Å²) in [5, 5.41) is 6.70. The van der Waals surface area contributed by atoms with Crippen LogP contribution in [0.5, 0.6) is 11.5 Å². The Labute approximate surface area is 135 Å². The van der Waals surface area contributed by atoms with Gasteiger partial charge in [0.15, 0.2) is 17.1 Å². The average molecular weight is 327 g/mol.